The maximum atomic E-state index is 12.1. The number of rotatable bonds is 5. The number of methoxy groups -OCH3 is 2. The summed E-state index contributed by atoms with van der Waals surface area (Å²) < 4.78 is 10.3. The highest BCUT2D eigenvalue weighted by Gasteiger charge is 2.28. The number of hydrogen-bond acceptors (Lipinski definition) is 5. The predicted molar refractivity (Wildman–Crippen MR) is 82.1 cm³/mol. The molecule has 1 aliphatic heterocycles. The third-order valence-electron chi connectivity index (χ3n) is 3.34. The highest BCUT2D eigenvalue weighted by Crippen LogP contribution is 2.35. The van der Waals surface area contributed by atoms with E-state index in [0.717, 1.165) is 0 Å². The molecule has 1 heterocycles. The van der Waals surface area contributed by atoms with Gasteiger partial charge in [0.05, 0.1) is 31.5 Å². The van der Waals surface area contributed by atoms with Gasteiger partial charge in [-0.1, -0.05) is 11.6 Å². The first-order chi connectivity index (χ1) is 10.4. The van der Waals surface area contributed by atoms with Crippen LogP contribution in [0, 0.1) is 0 Å². The van der Waals surface area contributed by atoms with Gasteiger partial charge < -0.3 is 14.8 Å². The fourth-order valence-corrected chi connectivity index (χ4v) is 2.43. The lowest BCUT2D eigenvalue weighted by Gasteiger charge is -2.20. The van der Waals surface area contributed by atoms with Gasteiger partial charge in [0.2, 0.25) is 11.8 Å². The van der Waals surface area contributed by atoms with Crippen LogP contribution in [0.1, 0.15) is 13.3 Å². The summed E-state index contributed by atoms with van der Waals surface area (Å²) in [5.74, 6) is 0.518. The zero-order chi connectivity index (χ0) is 16.3. The van der Waals surface area contributed by atoms with Crippen LogP contribution in [0.3, 0.4) is 0 Å². The molecule has 0 radical (unpaired) electrons. The van der Waals surface area contributed by atoms with E-state index in [1.807, 2.05) is 6.92 Å². The van der Waals surface area contributed by atoms with Gasteiger partial charge in [0.15, 0.2) is 0 Å². The Labute approximate surface area is 133 Å². The number of nitrogens with zero attached hydrogens (tertiary/aromatic N) is 1. The Bertz CT molecular complexity index is 594. The molecule has 0 saturated carbocycles. The lowest BCUT2D eigenvalue weighted by Crippen LogP contribution is -2.42. The number of hydrazine groups is 1. The summed E-state index contributed by atoms with van der Waals surface area (Å²) in [6, 6.07) is 3.13. The number of benzene rings is 1. The van der Waals surface area contributed by atoms with E-state index in [1.165, 1.54) is 14.2 Å². The van der Waals surface area contributed by atoms with Crippen LogP contribution in [0.5, 0.6) is 11.5 Å². The van der Waals surface area contributed by atoms with Crippen LogP contribution < -0.4 is 20.2 Å². The number of nitrogens with one attached hydrogen (secondary N) is 2. The first-order valence-electron chi connectivity index (χ1n) is 6.72. The Hall–Kier alpha value is -1.99. The average Bonchev–Trinajstić information content (AvgIpc) is 2.77. The summed E-state index contributed by atoms with van der Waals surface area (Å²) in [4.78, 5) is 23.4. The minimum atomic E-state index is -0.284. The highest BCUT2D eigenvalue weighted by molar-refractivity contribution is 6.32. The number of carbonyl (C=O) groups is 2. The molecule has 1 saturated heterocycles. The van der Waals surface area contributed by atoms with Crippen LogP contribution in [0.2, 0.25) is 5.02 Å². The Kier molecular flexibility index (Phi) is 5.10. The largest absolute Gasteiger partial charge is 0.495 e. The van der Waals surface area contributed by atoms with Gasteiger partial charge in [-0.15, -0.1) is 0 Å². The monoisotopic (exact) mass is 327 g/mol. The molecule has 0 spiro atoms. The van der Waals surface area contributed by atoms with Gasteiger partial charge in [-0.2, -0.15) is 0 Å². The molecule has 2 rings (SSSR count). The second-order valence-corrected chi connectivity index (χ2v) is 5.36. The minimum Gasteiger partial charge on any atom is -0.495 e. The van der Waals surface area contributed by atoms with Gasteiger partial charge in [-0.3, -0.25) is 15.0 Å². The molecule has 0 aliphatic carbocycles. The van der Waals surface area contributed by atoms with E-state index >= 15 is 0 Å². The van der Waals surface area contributed by atoms with Crippen LogP contribution in [-0.4, -0.2) is 43.6 Å². The van der Waals surface area contributed by atoms with Gasteiger partial charge in [-0.25, -0.2) is 5.01 Å². The molecule has 2 N–H and O–H groups in total. The molecule has 1 atom stereocenters. The second kappa shape index (κ2) is 6.85. The third-order valence-corrected chi connectivity index (χ3v) is 3.64. The minimum absolute atomic E-state index is 0.0281. The summed E-state index contributed by atoms with van der Waals surface area (Å²) in [5, 5.41) is 4.67. The first kappa shape index (κ1) is 16.4. The van der Waals surface area contributed by atoms with Gasteiger partial charge in [0, 0.05) is 18.5 Å². The molecule has 0 aromatic heterocycles. The van der Waals surface area contributed by atoms with E-state index in [2.05, 4.69) is 10.7 Å². The summed E-state index contributed by atoms with van der Waals surface area (Å²) in [6.07, 6.45) is 0.380. The van der Waals surface area contributed by atoms with Crippen LogP contribution in [0.25, 0.3) is 0 Å². The Morgan fingerprint density at radius 2 is 2.09 bits per heavy atom. The Balaban J connectivity index is 2.08. The summed E-state index contributed by atoms with van der Waals surface area (Å²) in [6.45, 7) is 1.91. The van der Waals surface area contributed by atoms with Crippen molar-refractivity contribution in [3.05, 3.63) is 17.2 Å². The van der Waals surface area contributed by atoms with Gasteiger partial charge in [-0.05, 0) is 13.0 Å². The van der Waals surface area contributed by atoms with Crippen molar-refractivity contribution in [2.24, 2.45) is 0 Å². The smallest absolute Gasteiger partial charge is 0.240 e. The van der Waals surface area contributed by atoms with E-state index < -0.39 is 0 Å². The zero-order valence-electron chi connectivity index (χ0n) is 12.6. The summed E-state index contributed by atoms with van der Waals surface area (Å²) in [5.41, 5.74) is 3.08. The average molecular weight is 328 g/mol. The lowest BCUT2D eigenvalue weighted by atomic mass is 10.2. The van der Waals surface area contributed by atoms with Gasteiger partial charge >= 0.3 is 0 Å². The Morgan fingerprint density at radius 3 is 2.64 bits per heavy atom. The van der Waals surface area contributed by atoms with Crippen molar-refractivity contribution in [1.82, 2.24) is 10.4 Å². The van der Waals surface area contributed by atoms with Gasteiger partial charge in [0.1, 0.15) is 11.5 Å². The summed E-state index contributed by atoms with van der Waals surface area (Å²) >= 11 is 6.06. The standard InChI is InChI=1S/C14H18ClN3O4/c1-8-4-13(19)17-18(8)7-14(20)16-10-5-9(15)11(21-2)6-12(10)22-3/h5-6,8H,4,7H2,1-3H3,(H,16,20)(H,17,19)/t8-/m1/s1. The molecule has 22 heavy (non-hydrogen) atoms. The summed E-state index contributed by atoms with van der Waals surface area (Å²) in [7, 11) is 2.98. The van der Waals surface area contributed by atoms with E-state index in [9.17, 15) is 9.59 Å². The van der Waals surface area contributed by atoms with Crippen molar-refractivity contribution in [3.8, 4) is 11.5 Å². The van der Waals surface area contributed by atoms with E-state index in [1.54, 1.807) is 17.1 Å². The molecular formula is C14H18ClN3O4. The SMILES string of the molecule is COc1cc(OC)c(NC(=O)CN2NC(=O)C[C@H]2C)cc1Cl. The quantitative estimate of drug-likeness (QED) is 0.855. The second-order valence-electron chi connectivity index (χ2n) is 4.95. The van der Waals surface area contributed by atoms with Crippen molar-refractivity contribution in [2.75, 3.05) is 26.1 Å². The molecule has 120 valence electrons. The maximum Gasteiger partial charge on any atom is 0.240 e. The van der Waals surface area contributed by atoms with Crippen LogP contribution in [0.15, 0.2) is 12.1 Å². The van der Waals surface area contributed by atoms with Crippen molar-refractivity contribution >= 4 is 29.1 Å². The van der Waals surface area contributed by atoms with Crippen LogP contribution >= 0.6 is 11.6 Å². The normalized spacial score (nSPS) is 18.0. The molecule has 1 fully saturated rings. The molecule has 7 nitrogen and oxygen atoms in total. The van der Waals surface area contributed by atoms with Crippen molar-refractivity contribution < 1.29 is 19.1 Å². The number of ether oxygens (including phenoxy) is 2. The molecule has 0 unspecified atom stereocenters. The molecule has 0 bridgehead atoms. The molecule has 1 aliphatic rings. The van der Waals surface area contributed by atoms with Crippen molar-refractivity contribution in [2.45, 2.75) is 19.4 Å². The maximum absolute atomic E-state index is 12.1. The topological polar surface area (TPSA) is 79.9 Å². The fourth-order valence-electron chi connectivity index (χ4n) is 2.19. The number of anilines is 1. The molecular weight excluding hydrogens is 310 g/mol. The van der Waals surface area contributed by atoms with E-state index in [-0.39, 0.29) is 24.4 Å². The molecule has 1 aromatic carbocycles. The van der Waals surface area contributed by atoms with Crippen molar-refractivity contribution in [1.29, 1.82) is 0 Å². The first-order valence-corrected chi connectivity index (χ1v) is 7.10. The highest BCUT2D eigenvalue weighted by atomic mass is 35.5. The number of amides is 2. The lowest BCUT2D eigenvalue weighted by molar-refractivity contribution is -0.122. The van der Waals surface area contributed by atoms with Crippen LogP contribution in [0.4, 0.5) is 5.69 Å². The predicted octanol–water partition coefficient (Wildman–Crippen LogP) is 1.42. The van der Waals surface area contributed by atoms with E-state index in [0.29, 0.717) is 28.6 Å². The number of hydrogen-bond donors (Lipinski definition) is 2. The molecule has 1 aromatic rings. The molecule has 8 heteroatoms. The van der Waals surface area contributed by atoms with Crippen LogP contribution in [-0.2, 0) is 9.59 Å². The number of halogens is 1. The molecule has 2 amide bonds. The number of carbonyl (C=O) groups excluding carboxylic acids is 2. The van der Waals surface area contributed by atoms with Gasteiger partial charge in [0.25, 0.3) is 0 Å². The van der Waals surface area contributed by atoms with E-state index in [4.69, 9.17) is 21.1 Å². The zero-order valence-corrected chi connectivity index (χ0v) is 13.4. The Morgan fingerprint density at radius 1 is 1.41 bits per heavy atom. The van der Waals surface area contributed by atoms with Crippen molar-refractivity contribution in [3.63, 3.8) is 0 Å². The third kappa shape index (κ3) is 3.61. The fraction of sp³-hybridized carbons (Fsp3) is 0.429.